The molecule has 0 saturated carbocycles. The molecule has 1 heterocycles. The van der Waals surface area contributed by atoms with E-state index in [1.54, 1.807) is 12.1 Å². The summed E-state index contributed by atoms with van der Waals surface area (Å²) in [5, 5.41) is 15.7. The Labute approximate surface area is 137 Å². The van der Waals surface area contributed by atoms with Crippen LogP contribution in [0.1, 0.15) is 24.2 Å². The van der Waals surface area contributed by atoms with Crippen LogP contribution in [0.3, 0.4) is 0 Å². The molecular formula is C15H16ClN3O4. The van der Waals surface area contributed by atoms with Gasteiger partial charge < -0.3 is 15.2 Å². The maximum atomic E-state index is 12.4. The second-order valence-corrected chi connectivity index (χ2v) is 5.49. The summed E-state index contributed by atoms with van der Waals surface area (Å²) in [7, 11) is 0. The summed E-state index contributed by atoms with van der Waals surface area (Å²) in [6, 6.07) is 6.27. The van der Waals surface area contributed by atoms with Crippen LogP contribution < -0.4 is 10.1 Å². The summed E-state index contributed by atoms with van der Waals surface area (Å²) in [6.07, 6.45) is 1.37. The maximum absolute atomic E-state index is 12.4. The first-order valence-corrected chi connectivity index (χ1v) is 7.25. The summed E-state index contributed by atoms with van der Waals surface area (Å²) in [4.78, 5) is 23.0. The average molecular weight is 338 g/mol. The predicted octanol–water partition coefficient (Wildman–Crippen LogP) is 2.66. The number of nitrogens with zero attached hydrogens (tertiary/aromatic N) is 2. The standard InChI is InChI=1S/C15H16ClN3O4/c1-9(2)23-12-4-3-10(16)7-11(12)15(22)17-13-5-6-19(18-13)8-14(20)21/h3-7,9H,8H2,1-2H3,(H,20,21)(H,17,18,22). The molecule has 23 heavy (non-hydrogen) atoms. The van der Waals surface area contributed by atoms with Gasteiger partial charge in [0.1, 0.15) is 12.3 Å². The fraction of sp³-hybridized carbons (Fsp3) is 0.267. The molecule has 0 atom stereocenters. The van der Waals surface area contributed by atoms with Gasteiger partial charge in [-0.2, -0.15) is 5.10 Å². The number of carbonyl (C=O) groups excluding carboxylic acids is 1. The van der Waals surface area contributed by atoms with Crippen molar-refractivity contribution in [2.75, 3.05) is 5.32 Å². The minimum absolute atomic E-state index is 0.0995. The first-order valence-electron chi connectivity index (χ1n) is 6.88. The van der Waals surface area contributed by atoms with Gasteiger partial charge in [0.2, 0.25) is 0 Å². The number of hydrogen-bond donors (Lipinski definition) is 2. The quantitative estimate of drug-likeness (QED) is 0.845. The van der Waals surface area contributed by atoms with E-state index in [4.69, 9.17) is 21.4 Å². The Kier molecular flexibility index (Phi) is 5.23. The number of ether oxygens (including phenoxy) is 1. The molecule has 0 aliphatic heterocycles. The molecular weight excluding hydrogens is 322 g/mol. The Morgan fingerprint density at radius 3 is 2.78 bits per heavy atom. The Morgan fingerprint density at radius 1 is 1.39 bits per heavy atom. The minimum Gasteiger partial charge on any atom is -0.490 e. The number of halogens is 1. The van der Waals surface area contributed by atoms with Crippen LogP contribution in [0.4, 0.5) is 5.82 Å². The normalized spacial score (nSPS) is 10.6. The summed E-state index contributed by atoms with van der Waals surface area (Å²) < 4.78 is 6.80. The third-order valence-corrected chi connectivity index (χ3v) is 2.96. The van der Waals surface area contributed by atoms with Gasteiger partial charge in [0.15, 0.2) is 5.82 Å². The molecule has 7 nitrogen and oxygen atoms in total. The van der Waals surface area contributed by atoms with Gasteiger partial charge in [-0.3, -0.25) is 14.3 Å². The Bertz CT molecular complexity index is 727. The van der Waals surface area contributed by atoms with Crippen LogP contribution >= 0.6 is 11.6 Å². The number of hydrogen-bond acceptors (Lipinski definition) is 4. The van der Waals surface area contributed by atoms with Crippen molar-refractivity contribution in [1.82, 2.24) is 9.78 Å². The highest BCUT2D eigenvalue weighted by Crippen LogP contribution is 2.24. The van der Waals surface area contributed by atoms with E-state index in [1.807, 2.05) is 13.8 Å². The summed E-state index contributed by atoms with van der Waals surface area (Å²) >= 11 is 5.94. The van der Waals surface area contributed by atoms with E-state index >= 15 is 0 Å². The number of nitrogens with one attached hydrogen (secondary N) is 1. The average Bonchev–Trinajstić information content (AvgIpc) is 2.86. The van der Waals surface area contributed by atoms with E-state index in [9.17, 15) is 9.59 Å². The second-order valence-electron chi connectivity index (χ2n) is 5.05. The van der Waals surface area contributed by atoms with E-state index in [-0.39, 0.29) is 24.0 Å². The fourth-order valence-corrected chi connectivity index (χ4v) is 2.05. The third-order valence-electron chi connectivity index (χ3n) is 2.73. The van der Waals surface area contributed by atoms with Crippen molar-refractivity contribution in [3.8, 4) is 5.75 Å². The summed E-state index contributed by atoms with van der Waals surface area (Å²) in [6.45, 7) is 3.42. The molecule has 0 aliphatic rings. The molecule has 8 heteroatoms. The highest BCUT2D eigenvalue weighted by molar-refractivity contribution is 6.31. The number of aliphatic carboxylic acids is 1. The first-order chi connectivity index (χ1) is 10.8. The van der Waals surface area contributed by atoms with E-state index in [0.29, 0.717) is 10.8 Å². The highest BCUT2D eigenvalue weighted by Gasteiger charge is 2.16. The lowest BCUT2D eigenvalue weighted by Gasteiger charge is -2.14. The van der Waals surface area contributed by atoms with Crippen LogP contribution in [-0.2, 0) is 11.3 Å². The van der Waals surface area contributed by atoms with Crippen molar-refractivity contribution in [2.45, 2.75) is 26.5 Å². The monoisotopic (exact) mass is 337 g/mol. The van der Waals surface area contributed by atoms with Crippen molar-refractivity contribution in [3.63, 3.8) is 0 Å². The molecule has 0 spiro atoms. The number of rotatable bonds is 6. The second kappa shape index (κ2) is 7.15. The molecule has 0 bridgehead atoms. The summed E-state index contributed by atoms with van der Waals surface area (Å²) in [5.41, 5.74) is 0.277. The number of amides is 1. The molecule has 1 aromatic heterocycles. The molecule has 0 radical (unpaired) electrons. The smallest absolute Gasteiger partial charge is 0.325 e. The molecule has 1 aromatic carbocycles. The number of benzene rings is 1. The lowest BCUT2D eigenvalue weighted by atomic mass is 10.2. The van der Waals surface area contributed by atoms with Crippen molar-refractivity contribution in [2.24, 2.45) is 0 Å². The zero-order valence-electron chi connectivity index (χ0n) is 12.6. The SMILES string of the molecule is CC(C)Oc1ccc(Cl)cc1C(=O)Nc1ccn(CC(=O)O)n1. The minimum atomic E-state index is -1.02. The van der Waals surface area contributed by atoms with Gasteiger partial charge >= 0.3 is 5.97 Å². The predicted molar refractivity (Wildman–Crippen MR) is 85.0 cm³/mol. The number of anilines is 1. The molecule has 0 saturated heterocycles. The van der Waals surface area contributed by atoms with Gasteiger partial charge in [-0.25, -0.2) is 0 Å². The summed E-state index contributed by atoms with van der Waals surface area (Å²) in [5.74, 6) is -0.809. The number of aromatic nitrogens is 2. The Hall–Kier alpha value is -2.54. The molecule has 0 aliphatic carbocycles. The van der Waals surface area contributed by atoms with Crippen molar-refractivity contribution in [1.29, 1.82) is 0 Å². The van der Waals surface area contributed by atoms with Gasteiger partial charge in [0.05, 0.1) is 11.7 Å². The van der Waals surface area contributed by atoms with Gasteiger partial charge in [0, 0.05) is 17.3 Å². The van der Waals surface area contributed by atoms with Crippen LogP contribution in [-0.4, -0.2) is 32.9 Å². The first kappa shape index (κ1) is 16.8. The fourth-order valence-electron chi connectivity index (χ4n) is 1.88. The zero-order chi connectivity index (χ0) is 17.0. The van der Waals surface area contributed by atoms with E-state index in [2.05, 4.69) is 10.4 Å². The van der Waals surface area contributed by atoms with E-state index in [0.717, 1.165) is 0 Å². The van der Waals surface area contributed by atoms with Gasteiger partial charge in [-0.15, -0.1) is 0 Å². The number of carbonyl (C=O) groups is 2. The van der Waals surface area contributed by atoms with Crippen molar-refractivity contribution < 1.29 is 19.4 Å². The Balaban J connectivity index is 2.18. The number of carboxylic acid groups (broad SMARTS) is 1. The molecule has 0 unspecified atom stereocenters. The van der Waals surface area contributed by atoms with Crippen molar-refractivity contribution in [3.05, 3.63) is 41.0 Å². The van der Waals surface area contributed by atoms with Gasteiger partial charge in [0.25, 0.3) is 5.91 Å². The zero-order valence-corrected chi connectivity index (χ0v) is 13.4. The molecule has 2 aromatic rings. The number of carboxylic acids is 1. The largest absolute Gasteiger partial charge is 0.490 e. The van der Waals surface area contributed by atoms with Gasteiger partial charge in [-0.1, -0.05) is 11.6 Å². The van der Waals surface area contributed by atoms with Crippen molar-refractivity contribution >= 4 is 29.3 Å². The lowest BCUT2D eigenvalue weighted by molar-refractivity contribution is -0.137. The topological polar surface area (TPSA) is 93.5 Å². The molecule has 1 amide bonds. The lowest BCUT2D eigenvalue weighted by Crippen LogP contribution is -2.16. The van der Waals surface area contributed by atoms with E-state index in [1.165, 1.54) is 23.0 Å². The molecule has 122 valence electrons. The van der Waals surface area contributed by atoms with Crippen LogP contribution in [0, 0.1) is 0 Å². The van der Waals surface area contributed by atoms with Gasteiger partial charge in [-0.05, 0) is 32.0 Å². The molecule has 0 fully saturated rings. The molecule has 2 rings (SSSR count). The highest BCUT2D eigenvalue weighted by atomic mass is 35.5. The molecule has 2 N–H and O–H groups in total. The third kappa shape index (κ3) is 4.72. The van der Waals surface area contributed by atoms with Crippen LogP contribution in [0.25, 0.3) is 0 Å². The van der Waals surface area contributed by atoms with Crippen LogP contribution in [0.5, 0.6) is 5.75 Å². The van der Waals surface area contributed by atoms with Crippen LogP contribution in [0.15, 0.2) is 30.5 Å². The maximum Gasteiger partial charge on any atom is 0.325 e. The van der Waals surface area contributed by atoms with Crippen LogP contribution in [0.2, 0.25) is 5.02 Å². The Morgan fingerprint density at radius 2 is 2.13 bits per heavy atom. The van der Waals surface area contributed by atoms with E-state index < -0.39 is 11.9 Å².